The molecular weight excluding hydrogens is 591 g/mol. The molecule has 1 unspecified atom stereocenters. The van der Waals surface area contributed by atoms with Crippen molar-refractivity contribution in [3.8, 4) is 18.0 Å². The van der Waals surface area contributed by atoms with Crippen molar-refractivity contribution in [2.75, 3.05) is 63.2 Å². The van der Waals surface area contributed by atoms with Crippen LogP contribution in [0.1, 0.15) is 63.7 Å². The first-order valence-corrected chi connectivity index (χ1v) is 15.7. The van der Waals surface area contributed by atoms with Gasteiger partial charge in [-0.2, -0.15) is 10.5 Å². The number of ether oxygens (including phenoxy) is 1. The van der Waals surface area contributed by atoms with Gasteiger partial charge in [-0.3, -0.25) is 19.3 Å². The predicted molar refractivity (Wildman–Crippen MR) is 166 cm³/mol. The minimum absolute atomic E-state index is 0.0234. The number of halogens is 1. The number of nitriles is 2. The normalized spacial score (nSPS) is 22.0. The Morgan fingerprint density at radius 3 is 2.61 bits per heavy atom. The molecule has 0 spiro atoms. The molecule has 6 rings (SSSR count). The number of nitrogens with zero attached hydrogens (tertiary/aromatic N) is 8. The highest BCUT2D eigenvalue weighted by Gasteiger charge is 2.39. The summed E-state index contributed by atoms with van der Waals surface area (Å²) in [5.41, 5.74) is 3.89. The number of likely N-dealkylation sites (N-methyl/N-ethyl adjacent to an activating group) is 1. The van der Waals surface area contributed by atoms with Crippen molar-refractivity contribution >= 4 is 29.1 Å². The minimum atomic E-state index is -1.68. The Kier molecular flexibility index (Phi) is 8.53. The van der Waals surface area contributed by atoms with E-state index in [9.17, 15) is 29.3 Å². The second kappa shape index (κ2) is 12.6. The Morgan fingerprint density at radius 2 is 1.91 bits per heavy atom. The van der Waals surface area contributed by atoms with Gasteiger partial charge in [0.05, 0.1) is 53.3 Å². The maximum absolute atomic E-state index is 14.1. The van der Waals surface area contributed by atoms with E-state index in [-0.39, 0.29) is 43.2 Å². The number of hydrogen-bond donors (Lipinski definition) is 0. The third kappa shape index (κ3) is 5.39. The van der Waals surface area contributed by atoms with Crippen molar-refractivity contribution < 1.29 is 23.5 Å². The largest absolute Gasteiger partial charge is 0.475 e. The van der Waals surface area contributed by atoms with Crippen LogP contribution in [0.15, 0.2) is 18.2 Å². The Bertz CT molecular complexity index is 1670. The van der Waals surface area contributed by atoms with E-state index in [0.717, 1.165) is 29.8 Å². The summed E-state index contributed by atoms with van der Waals surface area (Å²) in [4.78, 5) is 52.2. The summed E-state index contributed by atoms with van der Waals surface area (Å²) >= 11 is 0. The first-order chi connectivity index (χ1) is 22.1. The van der Waals surface area contributed by atoms with Crippen LogP contribution in [0.2, 0.25) is 0 Å². The molecule has 0 saturated carbocycles. The van der Waals surface area contributed by atoms with Crippen molar-refractivity contribution in [2.24, 2.45) is 0 Å². The monoisotopic (exact) mass is 628 g/mol. The number of pyridine rings is 1. The number of anilines is 2. The summed E-state index contributed by atoms with van der Waals surface area (Å²) < 4.78 is 20.4. The molecule has 3 amide bonds. The number of hydrogen-bond acceptors (Lipinski definition) is 10. The number of carbonyl (C=O) groups is 3. The lowest BCUT2D eigenvalue weighted by Gasteiger charge is -2.43. The van der Waals surface area contributed by atoms with Crippen LogP contribution in [0.25, 0.3) is 0 Å². The lowest BCUT2D eigenvalue weighted by molar-refractivity contribution is -0.138. The average Bonchev–Trinajstić information content (AvgIpc) is 3.57. The number of fused-ring (bicyclic) bond motifs is 2. The smallest absolute Gasteiger partial charge is 0.263 e. The summed E-state index contributed by atoms with van der Waals surface area (Å²) in [5, 5.41) is 20.1. The number of carbonyl (C=O) groups excluding carboxylic acids is 3. The average molecular weight is 629 g/mol. The van der Waals surface area contributed by atoms with Crippen molar-refractivity contribution in [1.82, 2.24) is 19.7 Å². The summed E-state index contributed by atoms with van der Waals surface area (Å²) in [5.74, 6) is -1.11. The first-order valence-electron chi connectivity index (χ1n) is 15.7. The maximum Gasteiger partial charge on any atom is 0.263 e. The number of benzene rings is 1. The molecule has 1 aromatic heterocycles. The van der Waals surface area contributed by atoms with Gasteiger partial charge in [-0.05, 0) is 51.9 Å². The molecule has 2 aromatic rings. The number of imide groups is 1. The number of likely N-dealkylation sites (tertiary alicyclic amines) is 1. The number of amides is 3. The van der Waals surface area contributed by atoms with Crippen LogP contribution < -0.4 is 14.5 Å². The molecule has 5 heterocycles. The van der Waals surface area contributed by atoms with Crippen LogP contribution >= 0.6 is 0 Å². The van der Waals surface area contributed by atoms with E-state index < -0.39 is 18.1 Å². The van der Waals surface area contributed by atoms with Crippen molar-refractivity contribution in [1.29, 1.82) is 10.5 Å². The third-order valence-corrected chi connectivity index (χ3v) is 9.68. The zero-order valence-corrected chi connectivity index (χ0v) is 26.3. The Labute approximate surface area is 267 Å². The van der Waals surface area contributed by atoms with Gasteiger partial charge in [-0.1, -0.05) is 6.07 Å². The van der Waals surface area contributed by atoms with Gasteiger partial charge in [0.25, 0.3) is 17.7 Å². The molecule has 2 fully saturated rings. The zero-order valence-electron chi connectivity index (χ0n) is 26.3. The molecule has 4 aliphatic heterocycles. The van der Waals surface area contributed by atoms with E-state index in [2.05, 4.69) is 17.0 Å². The molecule has 13 heteroatoms. The van der Waals surface area contributed by atoms with Crippen LogP contribution in [-0.4, -0.2) is 109 Å². The molecule has 3 atom stereocenters. The number of rotatable bonds is 7. The highest BCUT2D eigenvalue weighted by Crippen LogP contribution is 2.40. The second-order valence-corrected chi connectivity index (χ2v) is 12.4. The first kappa shape index (κ1) is 31.2. The molecule has 46 heavy (non-hydrogen) atoms. The van der Waals surface area contributed by atoms with Gasteiger partial charge < -0.3 is 24.3 Å². The van der Waals surface area contributed by atoms with Gasteiger partial charge in [-0.15, -0.1) is 0 Å². The molecule has 12 nitrogen and oxygen atoms in total. The van der Waals surface area contributed by atoms with Crippen LogP contribution in [0.3, 0.4) is 0 Å². The van der Waals surface area contributed by atoms with E-state index >= 15 is 0 Å². The fraction of sp³-hybridized carbons (Fsp3) is 0.515. The lowest BCUT2D eigenvalue weighted by atomic mass is 9.96. The minimum Gasteiger partial charge on any atom is -0.475 e. The van der Waals surface area contributed by atoms with Crippen LogP contribution in [0, 0.1) is 22.7 Å². The molecule has 2 saturated heterocycles. The molecular formula is C33H37FN8O4. The third-order valence-electron chi connectivity index (χ3n) is 9.68. The van der Waals surface area contributed by atoms with E-state index in [1.807, 2.05) is 22.9 Å². The highest BCUT2D eigenvalue weighted by molar-refractivity contribution is 6.23. The summed E-state index contributed by atoms with van der Waals surface area (Å²) in [7, 11) is 3.52. The Morgan fingerprint density at radius 1 is 1.11 bits per heavy atom. The van der Waals surface area contributed by atoms with Crippen LogP contribution in [0.5, 0.6) is 5.88 Å². The summed E-state index contributed by atoms with van der Waals surface area (Å²) in [6.45, 7) is 4.15. The van der Waals surface area contributed by atoms with Crippen LogP contribution in [0.4, 0.5) is 15.8 Å². The van der Waals surface area contributed by atoms with Gasteiger partial charge in [0.2, 0.25) is 5.88 Å². The van der Waals surface area contributed by atoms with Gasteiger partial charge in [-0.25, -0.2) is 9.37 Å². The van der Waals surface area contributed by atoms with Gasteiger partial charge in [0.15, 0.2) is 6.17 Å². The number of aromatic nitrogens is 1. The molecule has 0 N–H and O–H groups in total. The molecule has 0 bridgehead atoms. The van der Waals surface area contributed by atoms with Gasteiger partial charge in [0, 0.05) is 44.8 Å². The zero-order chi connectivity index (χ0) is 32.7. The lowest BCUT2D eigenvalue weighted by Crippen LogP contribution is -2.57. The quantitative estimate of drug-likeness (QED) is 0.421. The summed E-state index contributed by atoms with van der Waals surface area (Å²) in [6.07, 6.45) is 0.866. The Hall–Kier alpha value is -4.75. The van der Waals surface area contributed by atoms with E-state index in [0.29, 0.717) is 66.4 Å². The van der Waals surface area contributed by atoms with Gasteiger partial charge >= 0.3 is 0 Å². The molecule has 1 aromatic carbocycles. The highest BCUT2D eigenvalue weighted by atomic mass is 19.1. The molecule has 240 valence electrons. The topological polar surface area (TPSA) is 137 Å². The second-order valence-electron chi connectivity index (χ2n) is 12.4. The van der Waals surface area contributed by atoms with E-state index in [1.54, 1.807) is 12.1 Å². The van der Waals surface area contributed by atoms with Crippen LogP contribution in [-0.2, 0) is 17.8 Å². The van der Waals surface area contributed by atoms with Crippen molar-refractivity contribution in [2.45, 2.75) is 57.4 Å². The predicted octanol–water partition coefficient (Wildman–Crippen LogP) is 2.50. The Balaban J connectivity index is 1.39. The number of alkyl halides is 1. The van der Waals surface area contributed by atoms with Crippen molar-refractivity contribution in [3.63, 3.8) is 0 Å². The fourth-order valence-electron chi connectivity index (χ4n) is 7.16. The maximum atomic E-state index is 14.1. The summed E-state index contributed by atoms with van der Waals surface area (Å²) in [6, 6.07) is 9.38. The van der Waals surface area contributed by atoms with E-state index in [1.165, 1.54) is 18.9 Å². The molecule has 0 aliphatic carbocycles. The van der Waals surface area contributed by atoms with E-state index in [4.69, 9.17) is 9.72 Å². The SMILES string of the molecule is CC(F)C(=O)N1CCN(c2c(C#N)c(OC[C@@H]3CCCN3C)nc3c2CCN(c2cccc4c2C(=O)N(C)C4=O)C3)C[C@@H]1CC#N. The van der Waals surface area contributed by atoms with Crippen molar-refractivity contribution in [3.05, 3.63) is 46.1 Å². The van der Waals surface area contributed by atoms with Gasteiger partial charge in [0.1, 0.15) is 18.2 Å². The number of piperazine rings is 1. The molecule has 4 aliphatic rings. The molecule has 0 radical (unpaired) electrons. The standard InChI is InChI=1S/C33H37FN8O4/c1-20(34)31(43)42-15-14-41(17-21(42)9-11-35)29-23-10-13-40(27-8-4-7-24-28(27)33(45)39(3)32(24)44)18-26(23)37-30(25(29)16-36)46-19-22-6-5-12-38(22)2/h4,7-8,20-22H,5-6,9-10,12-15,17-19H2,1-3H3/t20?,21-,22-/m0/s1. The fourth-order valence-corrected chi connectivity index (χ4v) is 7.16.